The maximum atomic E-state index is 5.91. The van der Waals surface area contributed by atoms with E-state index < -0.39 is 0 Å². The first-order chi connectivity index (χ1) is 11.3. The summed E-state index contributed by atoms with van der Waals surface area (Å²) in [5.74, 6) is 0.987. The number of para-hydroxylation sites is 1. The van der Waals surface area contributed by atoms with Gasteiger partial charge in [0.2, 0.25) is 0 Å². The summed E-state index contributed by atoms with van der Waals surface area (Å²) in [6.07, 6.45) is 5.66. The van der Waals surface area contributed by atoms with E-state index in [-0.39, 0.29) is 6.10 Å². The van der Waals surface area contributed by atoms with Gasteiger partial charge in [-0.1, -0.05) is 12.1 Å². The standard InChI is InChI=1S/C17H19N5O/c1-13-8-20-22(9-13)11-14-10-21(6-7-23-14)17-15-4-2-3-5-16(15)18-12-19-17/h2-5,8-9,12,14H,6-7,10-11H2,1H3/t14-/m0/s1. The first-order valence-electron chi connectivity index (χ1n) is 7.85. The molecule has 1 aliphatic heterocycles. The first-order valence-corrected chi connectivity index (χ1v) is 7.85. The summed E-state index contributed by atoms with van der Waals surface area (Å²) in [7, 11) is 0. The van der Waals surface area contributed by atoms with Crippen molar-refractivity contribution < 1.29 is 4.74 Å². The molecule has 0 aliphatic carbocycles. The van der Waals surface area contributed by atoms with Gasteiger partial charge in [-0.3, -0.25) is 4.68 Å². The number of ether oxygens (including phenoxy) is 1. The summed E-state index contributed by atoms with van der Waals surface area (Å²) in [5, 5.41) is 5.44. The van der Waals surface area contributed by atoms with Crippen LogP contribution in [0.25, 0.3) is 10.9 Å². The zero-order valence-corrected chi connectivity index (χ0v) is 13.1. The Kier molecular flexibility index (Phi) is 3.67. The van der Waals surface area contributed by atoms with Crippen molar-refractivity contribution in [2.45, 2.75) is 19.6 Å². The van der Waals surface area contributed by atoms with Crippen LogP contribution in [-0.2, 0) is 11.3 Å². The minimum absolute atomic E-state index is 0.108. The van der Waals surface area contributed by atoms with E-state index in [0.717, 1.165) is 36.4 Å². The summed E-state index contributed by atoms with van der Waals surface area (Å²) >= 11 is 0. The van der Waals surface area contributed by atoms with Gasteiger partial charge in [0.1, 0.15) is 12.1 Å². The zero-order valence-electron chi connectivity index (χ0n) is 13.1. The number of rotatable bonds is 3. The molecule has 1 atom stereocenters. The highest BCUT2D eigenvalue weighted by Gasteiger charge is 2.23. The van der Waals surface area contributed by atoms with Gasteiger partial charge in [0.25, 0.3) is 0 Å². The molecule has 23 heavy (non-hydrogen) atoms. The molecule has 0 radical (unpaired) electrons. The predicted molar refractivity (Wildman–Crippen MR) is 88.5 cm³/mol. The van der Waals surface area contributed by atoms with Crippen molar-refractivity contribution in [3.05, 3.63) is 48.5 Å². The van der Waals surface area contributed by atoms with E-state index in [4.69, 9.17) is 4.74 Å². The number of nitrogens with zero attached hydrogens (tertiary/aromatic N) is 5. The Morgan fingerprint density at radius 3 is 3.04 bits per heavy atom. The highest BCUT2D eigenvalue weighted by atomic mass is 16.5. The number of benzene rings is 1. The lowest BCUT2D eigenvalue weighted by atomic mass is 10.2. The van der Waals surface area contributed by atoms with Crippen LogP contribution in [0, 0.1) is 6.92 Å². The van der Waals surface area contributed by atoms with Crippen LogP contribution in [-0.4, -0.2) is 45.5 Å². The molecule has 118 valence electrons. The Balaban J connectivity index is 1.56. The number of morpholine rings is 1. The molecule has 1 fully saturated rings. The fourth-order valence-corrected chi connectivity index (χ4v) is 3.04. The highest BCUT2D eigenvalue weighted by molar-refractivity contribution is 5.89. The van der Waals surface area contributed by atoms with Gasteiger partial charge in [-0.25, -0.2) is 9.97 Å². The topological polar surface area (TPSA) is 56.1 Å². The molecule has 4 rings (SSSR count). The second-order valence-corrected chi connectivity index (χ2v) is 5.89. The maximum Gasteiger partial charge on any atom is 0.140 e. The van der Waals surface area contributed by atoms with Crippen molar-refractivity contribution in [3.8, 4) is 0 Å². The molecular weight excluding hydrogens is 290 g/mol. The molecular formula is C17H19N5O. The van der Waals surface area contributed by atoms with Crippen LogP contribution in [0.3, 0.4) is 0 Å². The molecule has 0 saturated carbocycles. The van der Waals surface area contributed by atoms with E-state index in [1.165, 1.54) is 5.56 Å². The molecule has 6 nitrogen and oxygen atoms in total. The second kappa shape index (κ2) is 5.96. The van der Waals surface area contributed by atoms with Gasteiger partial charge in [-0.05, 0) is 24.6 Å². The van der Waals surface area contributed by atoms with E-state index in [1.54, 1.807) is 6.33 Å². The van der Waals surface area contributed by atoms with Crippen LogP contribution in [0.5, 0.6) is 0 Å². The molecule has 0 amide bonds. The van der Waals surface area contributed by atoms with E-state index in [0.29, 0.717) is 6.61 Å². The number of aryl methyl sites for hydroxylation is 1. The number of hydrogen-bond acceptors (Lipinski definition) is 5. The minimum Gasteiger partial charge on any atom is -0.373 e. The third-order valence-corrected chi connectivity index (χ3v) is 4.11. The Hall–Kier alpha value is -2.47. The van der Waals surface area contributed by atoms with Crippen LogP contribution >= 0.6 is 0 Å². The minimum atomic E-state index is 0.108. The van der Waals surface area contributed by atoms with Crippen LogP contribution < -0.4 is 4.90 Å². The molecule has 1 saturated heterocycles. The van der Waals surface area contributed by atoms with Crippen molar-refractivity contribution in [3.63, 3.8) is 0 Å². The summed E-state index contributed by atoms with van der Waals surface area (Å²) in [6.45, 7) is 5.15. The van der Waals surface area contributed by atoms with Gasteiger partial charge in [0.15, 0.2) is 0 Å². The van der Waals surface area contributed by atoms with Gasteiger partial charge in [0, 0.05) is 24.7 Å². The summed E-state index contributed by atoms with van der Waals surface area (Å²) in [6, 6.07) is 8.12. The fourth-order valence-electron chi connectivity index (χ4n) is 3.04. The zero-order chi connectivity index (χ0) is 15.6. The van der Waals surface area contributed by atoms with Gasteiger partial charge < -0.3 is 9.64 Å². The van der Waals surface area contributed by atoms with E-state index in [1.807, 2.05) is 42.2 Å². The molecule has 0 unspecified atom stereocenters. The second-order valence-electron chi connectivity index (χ2n) is 5.89. The molecule has 1 aromatic carbocycles. The van der Waals surface area contributed by atoms with Gasteiger partial charge in [-0.2, -0.15) is 5.10 Å². The van der Waals surface area contributed by atoms with E-state index in [2.05, 4.69) is 26.0 Å². The predicted octanol–water partition coefficient (Wildman–Crippen LogP) is 2.04. The van der Waals surface area contributed by atoms with Crippen LogP contribution in [0.15, 0.2) is 43.0 Å². The lowest BCUT2D eigenvalue weighted by Crippen LogP contribution is -2.44. The molecule has 6 heteroatoms. The molecule has 3 aromatic rings. The average molecular weight is 309 g/mol. The first kappa shape index (κ1) is 14.1. The Bertz CT molecular complexity index is 810. The maximum absolute atomic E-state index is 5.91. The molecule has 3 heterocycles. The van der Waals surface area contributed by atoms with Crippen molar-refractivity contribution in [1.29, 1.82) is 0 Å². The number of aromatic nitrogens is 4. The largest absolute Gasteiger partial charge is 0.373 e. The Morgan fingerprint density at radius 1 is 1.26 bits per heavy atom. The third kappa shape index (κ3) is 2.90. The SMILES string of the molecule is Cc1cnn(C[C@@H]2CN(c3ncnc4ccccc34)CCO2)c1. The summed E-state index contributed by atoms with van der Waals surface area (Å²) in [5.41, 5.74) is 2.14. The number of fused-ring (bicyclic) bond motifs is 1. The molecule has 0 bridgehead atoms. The van der Waals surface area contributed by atoms with Crippen LogP contribution in [0.2, 0.25) is 0 Å². The van der Waals surface area contributed by atoms with E-state index in [9.17, 15) is 0 Å². The Morgan fingerprint density at radius 2 is 2.17 bits per heavy atom. The summed E-state index contributed by atoms with van der Waals surface area (Å²) < 4.78 is 7.86. The number of hydrogen-bond donors (Lipinski definition) is 0. The summed E-state index contributed by atoms with van der Waals surface area (Å²) in [4.78, 5) is 11.1. The van der Waals surface area contributed by atoms with Crippen molar-refractivity contribution in [2.75, 3.05) is 24.6 Å². The van der Waals surface area contributed by atoms with E-state index >= 15 is 0 Å². The third-order valence-electron chi connectivity index (χ3n) is 4.11. The average Bonchev–Trinajstić information content (AvgIpc) is 2.99. The van der Waals surface area contributed by atoms with Crippen molar-refractivity contribution in [1.82, 2.24) is 19.7 Å². The quantitative estimate of drug-likeness (QED) is 0.741. The molecule has 0 spiro atoms. The monoisotopic (exact) mass is 309 g/mol. The number of anilines is 1. The normalized spacial score (nSPS) is 18.5. The molecule has 2 aromatic heterocycles. The van der Waals surface area contributed by atoms with Crippen LogP contribution in [0.4, 0.5) is 5.82 Å². The van der Waals surface area contributed by atoms with Crippen LogP contribution in [0.1, 0.15) is 5.56 Å². The van der Waals surface area contributed by atoms with Gasteiger partial charge in [-0.15, -0.1) is 0 Å². The van der Waals surface area contributed by atoms with Crippen molar-refractivity contribution >= 4 is 16.7 Å². The fraction of sp³-hybridized carbons (Fsp3) is 0.353. The van der Waals surface area contributed by atoms with Gasteiger partial charge in [0.05, 0.1) is 31.0 Å². The highest BCUT2D eigenvalue weighted by Crippen LogP contribution is 2.24. The Labute approximate surface area is 134 Å². The lowest BCUT2D eigenvalue weighted by Gasteiger charge is -2.34. The van der Waals surface area contributed by atoms with Gasteiger partial charge >= 0.3 is 0 Å². The molecule has 0 N–H and O–H groups in total. The lowest BCUT2D eigenvalue weighted by molar-refractivity contribution is 0.0272. The smallest absolute Gasteiger partial charge is 0.140 e. The molecule has 1 aliphatic rings. The van der Waals surface area contributed by atoms with Crippen molar-refractivity contribution in [2.24, 2.45) is 0 Å².